The Morgan fingerprint density at radius 1 is 0.581 bits per heavy atom. The molecule has 554 valence electrons. The number of methoxy groups -OCH3 is 2. The third-order valence-corrected chi connectivity index (χ3v) is 16.6. The van der Waals surface area contributed by atoms with Crippen LogP contribution in [-0.4, -0.2) is 175 Å². The van der Waals surface area contributed by atoms with Crippen LogP contribution in [0, 0.1) is 29.1 Å². The van der Waals surface area contributed by atoms with Gasteiger partial charge in [-0.25, -0.2) is 36.3 Å². The zero-order valence-corrected chi connectivity index (χ0v) is 61.9. The number of nitrogen functional groups attached to an aromatic ring is 1. The summed E-state index contributed by atoms with van der Waals surface area (Å²) in [5, 5.41) is 4.36. The van der Waals surface area contributed by atoms with Crippen molar-refractivity contribution in [2.75, 3.05) is 139 Å². The van der Waals surface area contributed by atoms with E-state index in [9.17, 15) is 31.9 Å². The highest BCUT2D eigenvalue weighted by atomic mass is 35.5. The highest BCUT2D eigenvalue weighted by molar-refractivity contribution is 7.86. The molecule has 105 heavy (non-hydrogen) atoms. The van der Waals surface area contributed by atoms with E-state index in [-0.39, 0.29) is 54.4 Å². The highest BCUT2D eigenvalue weighted by Gasteiger charge is 2.33. The Labute approximate surface area is 633 Å². The van der Waals surface area contributed by atoms with Crippen molar-refractivity contribution in [3.05, 3.63) is 187 Å². The summed E-state index contributed by atoms with van der Waals surface area (Å²) in [5.74, 6) is 0.924. The maximum atomic E-state index is 15.2. The largest absolute Gasteiger partial charge is 0.493 e. The minimum Gasteiger partial charge on any atom is -0.493 e. The number of primary amides is 1. The summed E-state index contributed by atoms with van der Waals surface area (Å²) in [6, 6.07) is 34.8. The lowest BCUT2D eigenvalue weighted by molar-refractivity contribution is 0.0321. The van der Waals surface area contributed by atoms with E-state index in [1.54, 1.807) is 81.2 Å². The topological polar surface area (TPSA) is 228 Å². The van der Waals surface area contributed by atoms with E-state index in [4.69, 9.17) is 104 Å². The molecule has 7 aromatic carbocycles. The molecular formula is C72H72Cl3F5N12O10S3. The van der Waals surface area contributed by atoms with Crippen molar-refractivity contribution >= 4 is 153 Å². The molecule has 3 aliphatic heterocycles. The van der Waals surface area contributed by atoms with Crippen molar-refractivity contribution in [2.45, 2.75) is 6.92 Å². The fraction of sp³-hybridized carbons (Fsp3) is 0.250. The molecule has 9 aromatic rings. The van der Waals surface area contributed by atoms with Crippen LogP contribution in [0.3, 0.4) is 0 Å². The van der Waals surface area contributed by atoms with E-state index in [2.05, 4.69) is 44.2 Å². The predicted molar refractivity (Wildman–Crippen MR) is 410 cm³/mol. The summed E-state index contributed by atoms with van der Waals surface area (Å²) in [7, 11) is 6.68. The molecule has 6 amide bonds. The summed E-state index contributed by atoms with van der Waals surface area (Å²) in [6.45, 7) is 10.4. The predicted octanol–water partition coefficient (Wildman–Crippen LogP) is 15.4. The van der Waals surface area contributed by atoms with Crippen molar-refractivity contribution in [3.8, 4) is 46.0 Å². The van der Waals surface area contributed by atoms with Crippen LogP contribution in [0.2, 0.25) is 0 Å². The number of thiocarbonyl (C=S) groups is 3. The Morgan fingerprint density at radius 3 is 1.50 bits per heavy atom. The third-order valence-electron chi connectivity index (χ3n) is 15.9. The van der Waals surface area contributed by atoms with Gasteiger partial charge in [0, 0.05) is 135 Å². The van der Waals surface area contributed by atoms with Gasteiger partial charge >= 0.3 is 18.1 Å². The van der Waals surface area contributed by atoms with Gasteiger partial charge in [0.2, 0.25) is 0 Å². The molecular weight excluding hydrogens is 1490 g/mol. The lowest BCUT2D eigenvalue weighted by Gasteiger charge is -2.26. The Bertz CT molecular complexity index is 4510. The molecule has 0 saturated carbocycles. The normalized spacial score (nSPS) is 13.3. The number of nitrogens with two attached hydrogens (primary N) is 2. The maximum absolute atomic E-state index is 15.2. The number of halogens is 8. The van der Waals surface area contributed by atoms with E-state index in [0.717, 1.165) is 45.9 Å². The first-order valence-corrected chi connectivity index (χ1v) is 34.4. The number of nitrogens with one attached hydrogen (secondary N) is 1. The van der Waals surface area contributed by atoms with Gasteiger partial charge in [0.05, 0.1) is 38.5 Å². The minimum atomic E-state index is -0.633. The van der Waals surface area contributed by atoms with Gasteiger partial charge in [-0.1, -0.05) is 53.9 Å². The number of likely N-dealkylation sites (N-methyl/N-ethyl adjacent to an activating group) is 1. The van der Waals surface area contributed by atoms with Crippen molar-refractivity contribution in [2.24, 2.45) is 5.73 Å². The number of anilines is 5. The SMILES string of the molecule is CCN(C)CCOc1cc2c(Oc3ccc(NC(=S)N4CCN(c5ccc(F)cc5)C4=O)cc3F)ccnc2cc1OC.CN(C(N)=O)c1ccc(F)cc1.COc1cc2nccc(Oc3ccc(N)cc3F)c2cc1OCCN1CCOCC1.O=C1N(C(=S)Cl)CCN1c1ccc(F)cc1.S=C(Cl)Cl. The molecule has 2 aromatic heterocycles. The molecule has 33 heteroatoms. The number of fused-ring (bicyclic) bond motifs is 2. The Hall–Kier alpha value is -9.76. The van der Waals surface area contributed by atoms with Crippen LogP contribution >= 0.6 is 71.5 Å². The van der Waals surface area contributed by atoms with Crippen molar-refractivity contribution in [3.63, 3.8) is 0 Å². The molecule has 0 bridgehead atoms. The summed E-state index contributed by atoms with van der Waals surface area (Å²) in [4.78, 5) is 55.5. The third kappa shape index (κ3) is 23.1. The molecule has 0 unspecified atom stereocenters. The van der Waals surface area contributed by atoms with Crippen LogP contribution in [0.4, 0.5) is 64.8 Å². The smallest absolute Gasteiger partial charge is 0.330 e. The lowest BCUT2D eigenvalue weighted by atomic mass is 10.1. The number of carbonyl (C=O) groups excluding carboxylic acids is 3. The molecule has 22 nitrogen and oxygen atoms in total. The first-order chi connectivity index (χ1) is 50.3. The molecule has 0 aliphatic carbocycles. The molecule has 0 spiro atoms. The van der Waals surface area contributed by atoms with Gasteiger partial charge in [0.15, 0.2) is 59.5 Å². The zero-order valence-electron chi connectivity index (χ0n) is 57.2. The Balaban J connectivity index is 0.000000193. The van der Waals surface area contributed by atoms with Crippen LogP contribution in [0.1, 0.15) is 6.92 Å². The van der Waals surface area contributed by atoms with Crippen LogP contribution in [0.15, 0.2) is 158 Å². The zero-order chi connectivity index (χ0) is 75.9. The van der Waals surface area contributed by atoms with Gasteiger partial charge in [0.1, 0.15) is 42.2 Å². The lowest BCUT2D eigenvalue weighted by Crippen LogP contribution is -2.38. The molecule has 3 aliphatic rings. The first kappa shape index (κ1) is 80.9. The van der Waals surface area contributed by atoms with Gasteiger partial charge in [-0.05, 0) is 159 Å². The van der Waals surface area contributed by atoms with Gasteiger partial charge < -0.3 is 54.8 Å². The van der Waals surface area contributed by atoms with Gasteiger partial charge in [-0.2, -0.15) is 0 Å². The molecule has 0 radical (unpaired) electrons. The second-order valence-electron chi connectivity index (χ2n) is 22.7. The molecule has 5 heterocycles. The second-order valence-corrected chi connectivity index (χ2v) is 25.8. The highest BCUT2D eigenvalue weighted by Crippen LogP contribution is 2.40. The van der Waals surface area contributed by atoms with E-state index in [1.807, 2.05) is 13.1 Å². The molecule has 3 saturated heterocycles. The van der Waals surface area contributed by atoms with E-state index in [1.165, 1.54) is 116 Å². The van der Waals surface area contributed by atoms with E-state index < -0.39 is 17.7 Å². The number of amides is 6. The van der Waals surface area contributed by atoms with Crippen LogP contribution in [0.5, 0.6) is 46.0 Å². The first-order valence-electron chi connectivity index (χ1n) is 32.1. The van der Waals surface area contributed by atoms with E-state index in [0.29, 0.717) is 124 Å². The Kier molecular flexibility index (Phi) is 30.3. The number of benzene rings is 7. The minimum absolute atomic E-state index is 0.00782. The van der Waals surface area contributed by atoms with E-state index >= 15 is 4.39 Å². The second kappa shape index (κ2) is 39.4. The van der Waals surface area contributed by atoms with Crippen molar-refractivity contribution < 1.29 is 69.5 Å². The summed E-state index contributed by atoms with van der Waals surface area (Å²) >= 11 is 29.4. The number of nitrogens with zero attached hydrogens (tertiary/aromatic N) is 9. The number of hydrogen-bond donors (Lipinski definition) is 3. The van der Waals surface area contributed by atoms with Crippen LogP contribution in [0.25, 0.3) is 21.8 Å². The van der Waals surface area contributed by atoms with Gasteiger partial charge in [0.25, 0.3) is 0 Å². The number of morpholine rings is 1. The summed E-state index contributed by atoms with van der Waals surface area (Å²) in [5.41, 5.74) is 14.3. The van der Waals surface area contributed by atoms with Gasteiger partial charge in [-0.15, -0.1) is 0 Å². The fourth-order valence-electron chi connectivity index (χ4n) is 10.2. The number of ether oxygens (including phenoxy) is 7. The number of rotatable bonds is 19. The van der Waals surface area contributed by atoms with Gasteiger partial charge in [-0.3, -0.25) is 39.4 Å². The van der Waals surface area contributed by atoms with Crippen LogP contribution in [-0.2, 0) is 4.74 Å². The molecule has 5 N–H and O–H groups in total. The maximum Gasteiger partial charge on any atom is 0.330 e. The summed E-state index contributed by atoms with van der Waals surface area (Å²) in [6.07, 6.45) is 3.17. The number of urea groups is 3. The quantitative estimate of drug-likeness (QED) is 0.0225. The average Bonchev–Trinajstić information content (AvgIpc) is 1.62. The number of hydrogen-bond acceptors (Lipinski definition) is 18. The summed E-state index contributed by atoms with van der Waals surface area (Å²) < 4.78 is 108. The molecule has 12 rings (SSSR count). The standard InChI is InChI=1S/C31H31F2N5O4S.C22H24FN3O4.C10H8ClFN2OS.C8H9FN2O.CCl2S/c1-4-36(2)15-16-41-29-18-23-25(19-28(29)40-3)34-12-11-26(23)42-27-10-7-21(17-24(27)33)35-30(43)38-14-13-37(31(38)39)22-8-5-20(32)6-9-22;1-27-21-14-18-16(13-22(21)29-11-8-26-6-9-28-10-7-26)19(4-5-25-18)30-20-3-2-15(24)12-17(20)23;11-9(16)14-6-5-13(10(14)15)8-3-1-7(12)2-4-8;1-11(8(10)12)7-4-2-6(9)3-5-7;2-1(3)4/h5-12,17-19H,4,13-16H2,1-3H3,(H,35,43);2-5,12-14H,6-11,24H2,1H3;1-4H,5-6H2;2-5H,1H3,(H2,10,12);. The van der Waals surface area contributed by atoms with Crippen molar-refractivity contribution in [1.29, 1.82) is 0 Å². The van der Waals surface area contributed by atoms with Crippen LogP contribution < -0.4 is 59.9 Å². The fourth-order valence-corrected chi connectivity index (χ4v) is 10.8. The number of carbonyl (C=O) groups is 3. The van der Waals surface area contributed by atoms with Crippen molar-refractivity contribution in [1.82, 2.24) is 29.6 Å². The molecule has 3 fully saturated rings. The number of aromatic nitrogens is 2. The average molecular weight is 1560 g/mol. The molecule has 0 atom stereocenters. The monoisotopic (exact) mass is 1560 g/mol. The number of pyridine rings is 2. The Morgan fingerprint density at radius 2 is 1.05 bits per heavy atom.